The van der Waals surface area contributed by atoms with Gasteiger partial charge in [0.15, 0.2) is 5.75 Å². The van der Waals surface area contributed by atoms with E-state index in [-0.39, 0.29) is 11.4 Å². The molecule has 0 saturated carbocycles. The number of nitrogen functional groups attached to an aromatic ring is 1. The number of carbonyl (C=O) groups is 1. The van der Waals surface area contributed by atoms with E-state index in [4.69, 9.17) is 5.73 Å². The number of amides is 1. The number of rotatable bonds is 0. The molecular formula is C8H6F2N2O2. The van der Waals surface area contributed by atoms with Gasteiger partial charge in [-0.05, 0) is 18.2 Å². The zero-order valence-corrected chi connectivity index (χ0v) is 6.88. The van der Waals surface area contributed by atoms with Gasteiger partial charge in [0.2, 0.25) is 0 Å². The SMILES string of the molecule is Nc1ccc2c(c1)NC(=O)C(F)(F)O2. The summed E-state index contributed by atoms with van der Waals surface area (Å²) in [5.41, 5.74) is 5.91. The highest BCUT2D eigenvalue weighted by Gasteiger charge is 2.46. The Morgan fingerprint density at radius 3 is 2.86 bits per heavy atom. The maximum absolute atomic E-state index is 12.7. The molecule has 0 bridgehead atoms. The molecule has 0 spiro atoms. The molecule has 0 saturated heterocycles. The van der Waals surface area contributed by atoms with E-state index < -0.39 is 12.0 Å². The molecule has 74 valence electrons. The summed E-state index contributed by atoms with van der Waals surface area (Å²) in [6, 6.07) is 4.03. The van der Waals surface area contributed by atoms with Crippen LogP contribution in [0.15, 0.2) is 18.2 Å². The van der Waals surface area contributed by atoms with E-state index in [1.807, 2.05) is 5.32 Å². The first kappa shape index (κ1) is 8.74. The van der Waals surface area contributed by atoms with Crippen molar-refractivity contribution in [2.24, 2.45) is 0 Å². The number of ether oxygens (including phenoxy) is 1. The zero-order valence-electron chi connectivity index (χ0n) is 6.88. The maximum atomic E-state index is 12.7. The van der Waals surface area contributed by atoms with E-state index in [0.29, 0.717) is 5.69 Å². The molecule has 0 fully saturated rings. The van der Waals surface area contributed by atoms with Crippen LogP contribution in [0.5, 0.6) is 5.75 Å². The molecule has 3 N–H and O–H groups in total. The van der Waals surface area contributed by atoms with E-state index in [1.165, 1.54) is 18.2 Å². The lowest BCUT2D eigenvalue weighted by atomic mass is 10.2. The van der Waals surface area contributed by atoms with Crippen LogP contribution < -0.4 is 15.8 Å². The van der Waals surface area contributed by atoms with Gasteiger partial charge in [0.05, 0.1) is 5.69 Å². The molecule has 1 aliphatic rings. The number of carbonyl (C=O) groups excluding carboxylic acids is 1. The molecule has 14 heavy (non-hydrogen) atoms. The van der Waals surface area contributed by atoms with Gasteiger partial charge >= 0.3 is 12.0 Å². The molecule has 1 aliphatic heterocycles. The molecule has 0 aromatic heterocycles. The van der Waals surface area contributed by atoms with Crippen molar-refractivity contribution in [3.8, 4) is 5.75 Å². The lowest BCUT2D eigenvalue weighted by molar-refractivity contribution is -0.189. The van der Waals surface area contributed by atoms with E-state index in [9.17, 15) is 13.6 Å². The number of anilines is 2. The molecule has 1 heterocycles. The van der Waals surface area contributed by atoms with Gasteiger partial charge in [-0.3, -0.25) is 4.79 Å². The van der Waals surface area contributed by atoms with Crippen molar-refractivity contribution in [2.75, 3.05) is 11.1 Å². The fourth-order valence-electron chi connectivity index (χ4n) is 1.11. The summed E-state index contributed by atoms with van der Waals surface area (Å²) in [4.78, 5) is 10.8. The Morgan fingerprint density at radius 1 is 1.43 bits per heavy atom. The summed E-state index contributed by atoms with van der Waals surface area (Å²) in [7, 11) is 0. The van der Waals surface area contributed by atoms with E-state index in [1.54, 1.807) is 0 Å². The second-order valence-corrected chi connectivity index (χ2v) is 2.83. The predicted octanol–water partition coefficient (Wildman–Crippen LogP) is 1.19. The largest absolute Gasteiger partial charge is 0.482 e. The van der Waals surface area contributed by atoms with Crippen LogP contribution in [-0.2, 0) is 4.79 Å². The molecule has 1 amide bonds. The Hall–Kier alpha value is -1.85. The summed E-state index contributed by atoms with van der Waals surface area (Å²) in [5.74, 6) is -1.58. The van der Waals surface area contributed by atoms with Gasteiger partial charge in [-0.15, -0.1) is 0 Å². The lowest BCUT2D eigenvalue weighted by Crippen LogP contribution is -2.43. The first-order valence-electron chi connectivity index (χ1n) is 3.77. The monoisotopic (exact) mass is 200 g/mol. The number of hydrogen-bond acceptors (Lipinski definition) is 3. The number of halogens is 2. The van der Waals surface area contributed by atoms with Gasteiger partial charge in [0.1, 0.15) is 0 Å². The fourth-order valence-corrected chi connectivity index (χ4v) is 1.11. The highest BCUT2D eigenvalue weighted by atomic mass is 19.3. The Labute approximate surface area is 77.7 Å². The number of hydrogen-bond donors (Lipinski definition) is 2. The second kappa shape index (κ2) is 2.57. The number of nitrogens with two attached hydrogens (primary N) is 1. The van der Waals surface area contributed by atoms with Crippen molar-refractivity contribution in [1.82, 2.24) is 0 Å². The number of nitrogens with one attached hydrogen (secondary N) is 1. The topological polar surface area (TPSA) is 64.3 Å². The standard InChI is InChI=1S/C8H6F2N2O2/c9-8(10)7(13)12-5-3-4(11)1-2-6(5)14-8/h1-3H,11H2,(H,12,13). The fraction of sp³-hybridized carbons (Fsp3) is 0.125. The van der Waals surface area contributed by atoms with Crippen LogP contribution in [0.4, 0.5) is 20.2 Å². The third-order valence-corrected chi connectivity index (χ3v) is 1.75. The van der Waals surface area contributed by atoms with E-state index >= 15 is 0 Å². The van der Waals surface area contributed by atoms with Crippen molar-refractivity contribution in [3.05, 3.63) is 18.2 Å². The summed E-state index contributed by atoms with van der Waals surface area (Å²) < 4.78 is 29.6. The average Bonchev–Trinajstić information content (AvgIpc) is 2.08. The van der Waals surface area contributed by atoms with Crippen LogP contribution in [-0.4, -0.2) is 12.0 Å². The van der Waals surface area contributed by atoms with Gasteiger partial charge in [-0.1, -0.05) is 0 Å². The van der Waals surface area contributed by atoms with Crippen LogP contribution >= 0.6 is 0 Å². The van der Waals surface area contributed by atoms with Crippen LogP contribution in [0.25, 0.3) is 0 Å². The number of benzene rings is 1. The predicted molar refractivity (Wildman–Crippen MR) is 45.1 cm³/mol. The lowest BCUT2D eigenvalue weighted by Gasteiger charge is -2.24. The number of fused-ring (bicyclic) bond motifs is 1. The molecule has 0 atom stereocenters. The van der Waals surface area contributed by atoms with Crippen LogP contribution in [0.2, 0.25) is 0 Å². The Balaban J connectivity index is 2.46. The van der Waals surface area contributed by atoms with Crippen molar-refractivity contribution in [2.45, 2.75) is 6.11 Å². The van der Waals surface area contributed by atoms with Crippen molar-refractivity contribution < 1.29 is 18.3 Å². The minimum atomic E-state index is -3.82. The van der Waals surface area contributed by atoms with Gasteiger partial charge in [0.25, 0.3) is 0 Å². The maximum Gasteiger partial charge on any atom is 0.482 e. The molecule has 0 radical (unpaired) electrons. The van der Waals surface area contributed by atoms with Crippen LogP contribution in [0, 0.1) is 0 Å². The molecule has 0 unspecified atom stereocenters. The van der Waals surface area contributed by atoms with Gasteiger partial charge in [0, 0.05) is 5.69 Å². The van der Waals surface area contributed by atoms with Gasteiger partial charge < -0.3 is 15.8 Å². The summed E-state index contributed by atoms with van der Waals surface area (Å²) >= 11 is 0. The smallest absolute Gasteiger partial charge is 0.423 e. The van der Waals surface area contributed by atoms with Crippen LogP contribution in [0.3, 0.4) is 0 Å². The molecule has 1 aromatic carbocycles. The molecule has 6 heteroatoms. The summed E-state index contributed by atoms with van der Waals surface area (Å²) in [5, 5.41) is 2.00. The van der Waals surface area contributed by atoms with Crippen molar-refractivity contribution in [3.63, 3.8) is 0 Å². The highest BCUT2D eigenvalue weighted by molar-refractivity contribution is 5.99. The second-order valence-electron chi connectivity index (χ2n) is 2.83. The average molecular weight is 200 g/mol. The van der Waals surface area contributed by atoms with Crippen molar-refractivity contribution >= 4 is 17.3 Å². The Morgan fingerprint density at radius 2 is 2.14 bits per heavy atom. The molecule has 0 aliphatic carbocycles. The molecular weight excluding hydrogens is 194 g/mol. The van der Waals surface area contributed by atoms with Crippen LogP contribution in [0.1, 0.15) is 0 Å². The molecule has 2 rings (SSSR count). The first-order valence-corrected chi connectivity index (χ1v) is 3.77. The minimum absolute atomic E-state index is 0.0937. The zero-order chi connectivity index (χ0) is 10.3. The Kier molecular flexibility index (Phi) is 1.60. The first-order chi connectivity index (χ1) is 6.49. The molecule has 1 aromatic rings. The minimum Gasteiger partial charge on any atom is -0.423 e. The molecule has 4 nitrogen and oxygen atoms in total. The van der Waals surface area contributed by atoms with Gasteiger partial charge in [-0.2, -0.15) is 8.78 Å². The summed E-state index contributed by atoms with van der Waals surface area (Å²) in [6.07, 6.45) is -3.82. The normalized spacial score (nSPS) is 18.0. The third kappa shape index (κ3) is 1.24. The Bertz CT molecular complexity index is 406. The third-order valence-electron chi connectivity index (χ3n) is 1.75. The van der Waals surface area contributed by atoms with E-state index in [0.717, 1.165) is 0 Å². The number of alkyl halides is 2. The van der Waals surface area contributed by atoms with Crippen molar-refractivity contribution in [1.29, 1.82) is 0 Å². The highest BCUT2D eigenvalue weighted by Crippen LogP contribution is 2.36. The van der Waals surface area contributed by atoms with Gasteiger partial charge in [-0.25, -0.2) is 0 Å². The quantitative estimate of drug-likeness (QED) is 0.618. The van der Waals surface area contributed by atoms with E-state index in [2.05, 4.69) is 4.74 Å². The summed E-state index contributed by atoms with van der Waals surface area (Å²) in [6.45, 7) is 0.